The van der Waals surface area contributed by atoms with Crippen LogP contribution in [0.5, 0.6) is 0 Å². The normalized spacial score (nSPS) is 19.5. The Morgan fingerprint density at radius 1 is 1.12 bits per heavy atom. The number of alkyl carbamates (subject to hydrolysis) is 1. The van der Waals surface area contributed by atoms with Crippen LogP contribution in [0.2, 0.25) is 0 Å². The summed E-state index contributed by atoms with van der Waals surface area (Å²) in [6.07, 6.45) is 9.01. The van der Waals surface area contributed by atoms with E-state index in [0.717, 1.165) is 56.2 Å². The van der Waals surface area contributed by atoms with Crippen molar-refractivity contribution >= 4 is 23.3 Å². The fourth-order valence-corrected chi connectivity index (χ4v) is 5.14. The Morgan fingerprint density at radius 2 is 1.78 bits per heavy atom. The van der Waals surface area contributed by atoms with Gasteiger partial charge in [-0.15, -0.1) is 0 Å². The molecule has 2 aliphatic rings. The summed E-state index contributed by atoms with van der Waals surface area (Å²) in [5.74, 6) is 0.766. The van der Waals surface area contributed by atoms with Gasteiger partial charge in [0.05, 0.1) is 11.0 Å². The summed E-state index contributed by atoms with van der Waals surface area (Å²) in [5, 5.41) is 6.63. The van der Waals surface area contributed by atoms with E-state index in [9.17, 15) is 4.79 Å². The minimum atomic E-state index is -0.513. The summed E-state index contributed by atoms with van der Waals surface area (Å²) in [7, 11) is 0. The van der Waals surface area contributed by atoms with Gasteiger partial charge < -0.3 is 15.4 Å². The van der Waals surface area contributed by atoms with Crippen LogP contribution in [0.3, 0.4) is 0 Å². The molecule has 3 rings (SSSR count). The molecule has 1 aromatic rings. The summed E-state index contributed by atoms with van der Waals surface area (Å²) in [6.45, 7) is 8.78. The molecular formula is C26H41N3O2S. The molecule has 1 amide bonds. The molecule has 1 heterocycles. The highest BCUT2D eigenvalue weighted by Crippen LogP contribution is 2.29. The molecule has 0 radical (unpaired) electrons. The van der Waals surface area contributed by atoms with Crippen LogP contribution in [-0.2, 0) is 11.3 Å². The van der Waals surface area contributed by atoms with Gasteiger partial charge in [0.1, 0.15) is 5.60 Å². The molecule has 1 aromatic carbocycles. The number of amides is 1. The minimum Gasteiger partial charge on any atom is -0.444 e. The number of benzene rings is 1. The van der Waals surface area contributed by atoms with Crippen molar-refractivity contribution in [3.05, 3.63) is 35.9 Å². The Kier molecular flexibility index (Phi) is 9.35. The van der Waals surface area contributed by atoms with E-state index in [0.29, 0.717) is 6.04 Å². The number of piperidine rings is 1. The first-order valence-corrected chi connectivity index (χ1v) is 12.8. The zero-order chi connectivity index (χ0) is 23.0. The average Bonchev–Trinajstić information content (AvgIpc) is 3.25. The van der Waals surface area contributed by atoms with Crippen LogP contribution in [0.4, 0.5) is 4.79 Å². The molecule has 5 nitrogen and oxygen atoms in total. The van der Waals surface area contributed by atoms with E-state index in [-0.39, 0.29) is 12.1 Å². The third kappa shape index (κ3) is 8.70. The van der Waals surface area contributed by atoms with Crippen molar-refractivity contribution in [2.75, 3.05) is 13.1 Å². The first kappa shape index (κ1) is 25.0. The van der Waals surface area contributed by atoms with E-state index in [2.05, 4.69) is 45.9 Å². The van der Waals surface area contributed by atoms with E-state index in [1.165, 1.54) is 31.2 Å². The van der Waals surface area contributed by atoms with E-state index in [1.54, 1.807) is 0 Å². The smallest absolute Gasteiger partial charge is 0.408 e. The van der Waals surface area contributed by atoms with E-state index < -0.39 is 5.60 Å². The van der Waals surface area contributed by atoms with Crippen molar-refractivity contribution in [2.45, 2.75) is 96.4 Å². The Labute approximate surface area is 199 Å². The van der Waals surface area contributed by atoms with Gasteiger partial charge in [0.25, 0.3) is 0 Å². The molecule has 1 saturated carbocycles. The Morgan fingerprint density at radius 3 is 2.41 bits per heavy atom. The van der Waals surface area contributed by atoms with Gasteiger partial charge in [0, 0.05) is 25.7 Å². The highest BCUT2D eigenvalue weighted by molar-refractivity contribution is 7.80. The predicted octanol–water partition coefficient (Wildman–Crippen LogP) is 5.43. The summed E-state index contributed by atoms with van der Waals surface area (Å²) in [6, 6.07) is 10.9. The summed E-state index contributed by atoms with van der Waals surface area (Å²) in [5.41, 5.74) is 0.851. The number of hydrogen-bond acceptors (Lipinski definition) is 4. The van der Waals surface area contributed by atoms with E-state index in [4.69, 9.17) is 17.0 Å². The molecule has 2 N–H and O–H groups in total. The SMILES string of the molecule is CC(C)(C)OC(=O)N[C@H](CCC1CCCC1)C(=S)NC1CCN(Cc2ccccc2)CC1. The molecule has 0 unspecified atom stereocenters. The highest BCUT2D eigenvalue weighted by Gasteiger charge is 2.27. The van der Waals surface area contributed by atoms with Crippen molar-refractivity contribution in [1.29, 1.82) is 0 Å². The lowest BCUT2D eigenvalue weighted by Crippen LogP contribution is -2.52. The second kappa shape index (κ2) is 12.0. The Bertz CT molecular complexity index is 720. The molecule has 1 atom stereocenters. The van der Waals surface area contributed by atoms with Crippen molar-refractivity contribution in [3.63, 3.8) is 0 Å². The zero-order valence-corrected chi connectivity index (χ0v) is 20.9. The van der Waals surface area contributed by atoms with Crippen LogP contribution in [0, 0.1) is 5.92 Å². The predicted molar refractivity (Wildman–Crippen MR) is 135 cm³/mol. The lowest BCUT2D eigenvalue weighted by Gasteiger charge is -2.34. The van der Waals surface area contributed by atoms with Gasteiger partial charge in [-0.3, -0.25) is 4.90 Å². The van der Waals surface area contributed by atoms with Gasteiger partial charge in [0.15, 0.2) is 0 Å². The number of hydrogen-bond donors (Lipinski definition) is 2. The van der Waals surface area contributed by atoms with E-state index >= 15 is 0 Å². The van der Waals surface area contributed by atoms with Gasteiger partial charge in [-0.05, 0) is 57.9 Å². The van der Waals surface area contributed by atoms with Crippen molar-refractivity contribution in [3.8, 4) is 0 Å². The lowest BCUT2D eigenvalue weighted by atomic mass is 9.97. The van der Waals surface area contributed by atoms with Crippen molar-refractivity contribution < 1.29 is 9.53 Å². The third-order valence-electron chi connectivity index (χ3n) is 6.53. The number of thiocarbonyl (C=S) groups is 1. The first-order valence-electron chi connectivity index (χ1n) is 12.3. The molecule has 32 heavy (non-hydrogen) atoms. The molecule has 0 aromatic heterocycles. The summed E-state index contributed by atoms with van der Waals surface area (Å²) < 4.78 is 5.51. The standard InChI is InChI=1S/C26H41N3O2S/c1-26(2,3)31-25(30)28-23(14-13-20-9-7-8-10-20)24(32)27-22-15-17-29(18-16-22)19-21-11-5-4-6-12-21/h4-6,11-12,20,22-23H,7-10,13-19H2,1-3H3,(H,27,32)(H,28,30)/t23-/m1/s1. The van der Waals surface area contributed by atoms with Gasteiger partial charge in [-0.1, -0.05) is 68.2 Å². The number of carbonyl (C=O) groups excluding carboxylic acids is 1. The van der Waals surface area contributed by atoms with E-state index in [1.807, 2.05) is 20.8 Å². The molecule has 2 fully saturated rings. The molecule has 1 aliphatic heterocycles. The van der Waals surface area contributed by atoms with Crippen molar-refractivity contribution in [2.24, 2.45) is 5.92 Å². The van der Waals surface area contributed by atoms with Crippen molar-refractivity contribution in [1.82, 2.24) is 15.5 Å². The summed E-state index contributed by atoms with van der Waals surface area (Å²) >= 11 is 5.80. The number of carbonyl (C=O) groups is 1. The van der Waals surface area contributed by atoms with Gasteiger partial charge in [-0.25, -0.2) is 4.79 Å². The zero-order valence-electron chi connectivity index (χ0n) is 20.1. The fourth-order valence-electron chi connectivity index (χ4n) is 4.80. The monoisotopic (exact) mass is 459 g/mol. The first-order chi connectivity index (χ1) is 15.3. The van der Waals surface area contributed by atoms with Crippen LogP contribution in [0.1, 0.15) is 77.7 Å². The Balaban J connectivity index is 1.49. The topological polar surface area (TPSA) is 53.6 Å². The average molecular weight is 460 g/mol. The fraction of sp³-hybridized carbons (Fsp3) is 0.692. The third-order valence-corrected chi connectivity index (χ3v) is 6.93. The molecule has 0 spiro atoms. The lowest BCUT2D eigenvalue weighted by molar-refractivity contribution is 0.0514. The van der Waals surface area contributed by atoms with Crippen LogP contribution in [0.15, 0.2) is 30.3 Å². The molecule has 1 saturated heterocycles. The molecular weight excluding hydrogens is 418 g/mol. The number of nitrogens with zero attached hydrogens (tertiary/aromatic N) is 1. The van der Waals surface area contributed by atoms with Gasteiger partial charge in [-0.2, -0.15) is 0 Å². The van der Waals surface area contributed by atoms with Crippen LogP contribution >= 0.6 is 12.2 Å². The molecule has 6 heteroatoms. The summed E-state index contributed by atoms with van der Waals surface area (Å²) in [4.78, 5) is 15.7. The maximum absolute atomic E-state index is 12.5. The number of nitrogens with one attached hydrogen (secondary N) is 2. The molecule has 178 valence electrons. The highest BCUT2D eigenvalue weighted by atomic mass is 32.1. The van der Waals surface area contributed by atoms with Gasteiger partial charge in [0.2, 0.25) is 0 Å². The molecule has 1 aliphatic carbocycles. The number of ether oxygens (including phenoxy) is 1. The Hall–Kier alpha value is -1.66. The second-order valence-corrected chi connectivity index (χ2v) is 10.9. The number of likely N-dealkylation sites (tertiary alicyclic amines) is 1. The molecule has 0 bridgehead atoms. The minimum absolute atomic E-state index is 0.164. The van der Waals surface area contributed by atoms with Crippen LogP contribution in [0.25, 0.3) is 0 Å². The second-order valence-electron chi connectivity index (χ2n) is 10.5. The largest absolute Gasteiger partial charge is 0.444 e. The number of rotatable bonds is 8. The van der Waals surface area contributed by atoms with Crippen LogP contribution in [-0.4, -0.2) is 46.8 Å². The maximum atomic E-state index is 12.5. The maximum Gasteiger partial charge on any atom is 0.408 e. The van der Waals surface area contributed by atoms with Gasteiger partial charge >= 0.3 is 6.09 Å². The quantitative estimate of drug-likeness (QED) is 0.508. The van der Waals surface area contributed by atoms with Crippen LogP contribution < -0.4 is 10.6 Å².